The van der Waals surface area contributed by atoms with Crippen molar-refractivity contribution in [2.75, 3.05) is 0 Å². The fourth-order valence-corrected chi connectivity index (χ4v) is 4.56. The molecule has 1 amide bonds. The molecule has 1 aliphatic carbocycles. The minimum absolute atomic E-state index is 0.106. The van der Waals surface area contributed by atoms with Gasteiger partial charge in [0.2, 0.25) is 5.76 Å². The quantitative estimate of drug-likeness (QED) is 0.430. The lowest BCUT2D eigenvalue weighted by Crippen LogP contribution is -2.40. The molecule has 0 radical (unpaired) electrons. The van der Waals surface area contributed by atoms with Crippen LogP contribution < -0.4 is 5.32 Å². The lowest BCUT2D eigenvalue weighted by molar-refractivity contribution is -0.147. The smallest absolute Gasteiger partial charge is 0.332 e. The van der Waals surface area contributed by atoms with Crippen molar-refractivity contribution in [3.05, 3.63) is 77.7 Å². The number of carboxylic acids is 1. The molecule has 7 heteroatoms. The molecule has 34 heavy (non-hydrogen) atoms. The summed E-state index contributed by atoms with van der Waals surface area (Å²) in [4.78, 5) is 24.1. The number of carbonyl (C=O) groups is 2. The summed E-state index contributed by atoms with van der Waals surface area (Å²) in [5.74, 6) is -1.36. The molecular formula is C27H30N2O5. The molecule has 7 nitrogen and oxygen atoms in total. The molecule has 0 saturated heterocycles. The molecule has 3 N–H and O–H groups in total. The molecule has 1 aromatic heterocycles. The van der Waals surface area contributed by atoms with E-state index in [9.17, 15) is 14.7 Å². The molecule has 1 fully saturated rings. The third-order valence-electron chi connectivity index (χ3n) is 6.45. The standard InChI is InChI=1S/C27H30N2O5/c30-24(27(32)33)16-22(15-18-11-13-20(14-12-18)19-7-3-1-4-8-19)28-26(31)25-17-23(29-34-25)21-9-5-2-6-10-21/h1,3-4,7-8,11-14,17,21-22,24,30H,2,5-6,9-10,15-16H2,(H,28,31)(H,32,33)/t22-,24-/m1/s1. The predicted octanol–water partition coefficient (Wildman–Crippen LogP) is 4.57. The number of hydrogen-bond acceptors (Lipinski definition) is 5. The third kappa shape index (κ3) is 6.11. The molecule has 2 aromatic carbocycles. The van der Waals surface area contributed by atoms with Gasteiger partial charge in [-0.25, -0.2) is 4.79 Å². The van der Waals surface area contributed by atoms with E-state index in [1.54, 1.807) is 6.07 Å². The van der Waals surface area contributed by atoms with Crippen molar-refractivity contribution in [2.24, 2.45) is 0 Å². The van der Waals surface area contributed by atoms with E-state index in [2.05, 4.69) is 10.5 Å². The highest BCUT2D eigenvalue weighted by Gasteiger charge is 2.25. The number of nitrogens with zero attached hydrogens (tertiary/aromatic N) is 1. The zero-order valence-electron chi connectivity index (χ0n) is 19.0. The van der Waals surface area contributed by atoms with Gasteiger partial charge in [-0.3, -0.25) is 4.79 Å². The minimum atomic E-state index is -1.58. The van der Waals surface area contributed by atoms with Crippen LogP contribution in [0.2, 0.25) is 0 Å². The van der Waals surface area contributed by atoms with Crippen LogP contribution in [0.1, 0.15) is 66.3 Å². The van der Waals surface area contributed by atoms with E-state index in [1.807, 2.05) is 54.6 Å². The van der Waals surface area contributed by atoms with Crippen molar-refractivity contribution in [3.63, 3.8) is 0 Å². The van der Waals surface area contributed by atoms with Crippen molar-refractivity contribution in [2.45, 2.75) is 63.0 Å². The van der Waals surface area contributed by atoms with E-state index < -0.39 is 24.0 Å². The van der Waals surface area contributed by atoms with Crippen LogP contribution in [-0.2, 0) is 11.2 Å². The van der Waals surface area contributed by atoms with Crippen molar-refractivity contribution in [1.29, 1.82) is 0 Å². The molecule has 178 valence electrons. The first kappa shape index (κ1) is 23.7. The second-order valence-corrected chi connectivity index (χ2v) is 8.98. The van der Waals surface area contributed by atoms with Crippen LogP contribution in [-0.4, -0.2) is 39.4 Å². The Bertz CT molecular complexity index is 1090. The number of nitrogens with one attached hydrogen (secondary N) is 1. The summed E-state index contributed by atoms with van der Waals surface area (Å²) < 4.78 is 5.31. The number of rotatable bonds is 9. The Kier molecular flexibility index (Phi) is 7.75. The molecule has 1 heterocycles. The van der Waals surface area contributed by atoms with Crippen molar-refractivity contribution in [3.8, 4) is 11.1 Å². The van der Waals surface area contributed by atoms with E-state index in [-0.39, 0.29) is 12.2 Å². The summed E-state index contributed by atoms with van der Waals surface area (Å²) in [6.07, 6.45) is 4.28. The topological polar surface area (TPSA) is 113 Å². The van der Waals surface area contributed by atoms with Crippen molar-refractivity contribution < 1.29 is 24.3 Å². The SMILES string of the molecule is O=C(N[C@H](Cc1ccc(-c2ccccc2)cc1)C[C@@H](O)C(=O)O)c1cc(C2CCCCC2)no1. The zero-order valence-corrected chi connectivity index (χ0v) is 19.0. The van der Waals surface area contributed by atoms with E-state index in [4.69, 9.17) is 9.63 Å². The summed E-state index contributed by atoms with van der Waals surface area (Å²) in [7, 11) is 0. The van der Waals surface area contributed by atoms with Gasteiger partial charge in [-0.1, -0.05) is 79.0 Å². The first-order valence-corrected chi connectivity index (χ1v) is 11.8. The normalized spacial score (nSPS) is 16.0. The van der Waals surface area contributed by atoms with Crippen LogP contribution in [0, 0.1) is 0 Å². The molecular weight excluding hydrogens is 432 g/mol. The van der Waals surface area contributed by atoms with Crippen LogP contribution in [0.5, 0.6) is 0 Å². The maximum absolute atomic E-state index is 12.9. The minimum Gasteiger partial charge on any atom is -0.479 e. The van der Waals surface area contributed by atoms with Gasteiger partial charge >= 0.3 is 5.97 Å². The van der Waals surface area contributed by atoms with E-state index in [0.29, 0.717) is 12.3 Å². The Morgan fingerprint density at radius 2 is 1.68 bits per heavy atom. The molecule has 3 aromatic rings. The molecule has 0 bridgehead atoms. The van der Waals surface area contributed by atoms with Crippen LogP contribution in [0.3, 0.4) is 0 Å². The van der Waals surface area contributed by atoms with Crippen LogP contribution in [0.4, 0.5) is 0 Å². The first-order valence-electron chi connectivity index (χ1n) is 11.8. The van der Waals surface area contributed by atoms with Gasteiger partial charge in [-0.05, 0) is 36.0 Å². The highest BCUT2D eigenvalue weighted by molar-refractivity contribution is 5.91. The van der Waals surface area contributed by atoms with E-state index in [0.717, 1.165) is 48.1 Å². The summed E-state index contributed by atoms with van der Waals surface area (Å²) in [6.45, 7) is 0. The highest BCUT2D eigenvalue weighted by atomic mass is 16.5. The highest BCUT2D eigenvalue weighted by Crippen LogP contribution is 2.32. The Balaban J connectivity index is 1.45. The van der Waals surface area contributed by atoms with Gasteiger partial charge in [0, 0.05) is 24.4 Å². The van der Waals surface area contributed by atoms with Gasteiger partial charge in [-0.2, -0.15) is 0 Å². The summed E-state index contributed by atoms with van der Waals surface area (Å²) in [5, 5.41) is 26.0. The first-order chi connectivity index (χ1) is 16.5. The maximum atomic E-state index is 12.9. The second-order valence-electron chi connectivity index (χ2n) is 8.98. The van der Waals surface area contributed by atoms with Crippen molar-refractivity contribution in [1.82, 2.24) is 10.5 Å². The largest absolute Gasteiger partial charge is 0.479 e. The molecule has 4 rings (SSSR count). The van der Waals surface area contributed by atoms with Gasteiger partial charge in [0.25, 0.3) is 5.91 Å². The number of aliphatic hydroxyl groups excluding tert-OH is 1. The number of benzene rings is 2. The van der Waals surface area contributed by atoms with E-state index >= 15 is 0 Å². The van der Waals surface area contributed by atoms with Gasteiger partial charge < -0.3 is 20.1 Å². The number of aliphatic carboxylic acids is 1. The van der Waals surface area contributed by atoms with Crippen LogP contribution in [0.15, 0.2) is 65.2 Å². The zero-order chi connectivity index (χ0) is 23.9. The molecule has 1 aliphatic rings. The summed E-state index contributed by atoms with van der Waals surface area (Å²) in [5.41, 5.74) is 3.87. The van der Waals surface area contributed by atoms with E-state index in [1.165, 1.54) is 6.42 Å². The van der Waals surface area contributed by atoms with Gasteiger partial charge in [0.05, 0.1) is 5.69 Å². The molecule has 0 spiro atoms. The average Bonchev–Trinajstić information content (AvgIpc) is 3.36. The number of aromatic nitrogens is 1. The number of carbonyl (C=O) groups excluding carboxylic acids is 1. The van der Waals surface area contributed by atoms with Crippen LogP contribution in [0.25, 0.3) is 11.1 Å². The monoisotopic (exact) mass is 462 g/mol. The van der Waals surface area contributed by atoms with Gasteiger partial charge in [0.15, 0.2) is 6.10 Å². The Labute approximate surface area is 198 Å². The lowest BCUT2D eigenvalue weighted by Gasteiger charge is -2.20. The molecule has 2 atom stereocenters. The number of aliphatic hydroxyl groups is 1. The van der Waals surface area contributed by atoms with Gasteiger partial charge in [0.1, 0.15) is 0 Å². The van der Waals surface area contributed by atoms with Gasteiger partial charge in [-0.15, -0.1) is 0 Å². The lowest BCUT2D eigenvalue weighted by atomic mass is 9.87. The number of hydrogen-bond donors (Lipinski definition) is 3. The number of carboxylic acid groups (broad SMARTS) is 1. The predicted molar refractivity (Wildman–Crippen MR) is 127 cm³/mol. The summed E-state index contributed by atoms with van der Waals surface area (Å²) >= 11 is 0. The Morgan fingerprint density at radius 1 is 1.00 bits per heavy atom. The Hall–Kier alpha value is -3.45. The molecule has 0 aliphatic heterocycles. The summed E-state index contributed by atoms with van der Waals surface area (Å²) in [6, 6.07) is 18.9. The average molecular weight is 463 g/mol. The second kappa shape index (κ2) is 11.1. The Morgan fingerprint density at radius 3 is 2.35 bits per heavy atom. The fourth-order valence-electron chi connectivity index (χ4n) is 4.56. The molecule has 1 saturated carbocycles. The van der Waals surface area contributed by atoms with Crippen molar-refractivity contribution >= 4 is 11.9 Å². The molecule has 0 unspecified atom stereocenters. The fraction of sp³-hybridized carbons (Fsp3) is 0.370. The number of amides is 1. The van der Waals surface area contributed by atoms with Crippen LogP contribution >= 0.6 is 0 Å². The third-order valence-corrected chi connectivity index (χ3v) is 6.45. The maximum Gasteiger partial charge on any atom is 0.332 e.